The summed E-state index contributed by atoms with van der Waals surface area (Å²) in [7, 11) is 0. The molecule has 2 heteroatoms. The normalized spacial score (nSPS) is 16.9. The SMILES string of the molecule is CCCNC(COCCC1CCC1)c1cccc(C)c1. The predicted octanol–water partition coefficient (Wildman–Crippen LogP) is 4.24. The molecule has 1 N–H and O–H groups in total. The van der Waals surface area contributed by atoms with Crippen LogP contribution in [-0.4, -0.2) is 19.8 Å². The van der Waals surface area contributed by atoms with E-state index in [0.717, 1.165) is 32.1 Å². The summed E-state index contributed by atoms with van der Waals surface area (Å²) in [5, 5.41) is 3.60. The first-order chi connectivity index (χ1) is 9.79. The summed E-state index contributed by atoms with van der Waals surface area (Å²) in [5.41, 5.74) is 2.67. The van der Waals surface area contributed by atoms with Gasteiger partial charge in [0.15, 0.2) is 0 Å². The third-order valence-corrected chi connectivity index (χ3v) is 4.26. The molecule has 1 saturated carbocycles. The molecule has 1 atom stereocenters. The molecule has 0 aromatic heterocycles. The van der Waals surface area contributed by atoms with Gasteiger partial charge < -0.3 is 10.1 Å². The largest absolute Gasteiger partial charge is 0.379 e. The Labute approximate surface area is 123 Å². The lowest BCUT2D eigenvalue weighted by molar-refractivity contribution is 0.0888. The van der Waals surface area contributed by atoms with Crippen molar-refractivity contribution in [1.82, 2.24) is 5.32 Å². The zero-order valence-corrected chi connectivity index (χ0v) is 13.0. The lowest BCUT2D eigenvalue weighted by Gasteiger charge is -2.25. The van der Waals surface area contributed by atoms with Crippen LogP contribution in [0.15, 0.2) is 24.3 Å². The van der Waals surface area contributed by atoms with Gasteiger partial charge in [-0.05, 0) is 37.8 Å². The van der Waals surface area contributed by atoms with Crippen LogP contribution in [0.2, 0.25) is 0 Å². The molecule has 0 heterocycles. The second kappa shape index (κ2) is 8.43. The molecule has 112 valence electrons. The molecule has 20 heavy (non-hydrogen) atoms. The van der Waals surface area contributed by atoms with E-state index in [2.05, 4.69) is 43.4 Å². The van der Waals surface area contributed by atoms with Crippen LogP contribution in [0.4, 0.5) is 0 Å². The van der Waals surface area contributed by atoms with E-state index in [1.807, 2.05) is 0 Å². The fourth-order valence-electron chi connectivity index (χ4n) is 2.71. The van der Waals surface area contributed by atoms with Crippen molar-refractivity contribution in [1.29, 1.82) is 0 Å². The van der Waals surface area contributed by atoms with Crippen molar-refractivity contribution in [3.8, 4) is 0 Å². The molecular formula is C18H29NO. The minimum absolute atomic E-state index is 0.330. The number of rotatable bonds is 9. The highest BCUT2D eigenvalue weighted by Crippen LogP contribution is 2.29. The first-order valence-corrected chi connectivity index (χ1v) is 8.17. The maximum Gasteiger partial charge on any atom is 0.0661 e. The molecule has 1 aliphatic carbocycles. The van der Waals surface area contributed by atoms with Gasteiger partial charge >= 0.3 is 0 Å². The van der Waals surface area contributed by atoms with Crippen LogP contribution in [0.25, 0.3) is 0 Å². The maximum atomic E-state index is 5.93. The second-order valence-electron chi connectivity index (χ2n) is 6.08. The lowest BCUT2D eigenvalue weighted by Crippen LogP contribution is -2.27. The van der Waals surface area contributed by atoms with E-state index >= 15 is 0 Å². The van der Waals surface area contributed by atoms with Gasteiger partial charge in [-0.15, -0.1) is 0 Å². The van der Waals surface area contributed by atoms with Crippen LogP contribution >= 0.6 is 0 Å². The molecule has 1 aromatic carbocycles. The quantitative estimate of drug-likeness (QED) is 0.681. The molecule has 0 saturated heterocycles. The van der Waals surface area contributed by atoms with Gasteiger partial charge in [0.1, 0.15) is 0 Å². The average molecular weight is 275 g/mol. The molecular weight excluding hydrogens is 246 g/mol. The number of benzene rings is 1. The molecule has 1 unspecified atom stereocenters. The third kappa shape index (κ3) is 4.92. The minimum Gasteiger partial charge on any atom is -0.379 e. The van der Waals surface area contributed by atoms with Crippen molar-refractivity contribution in [2.75, 3.05) is 19.8 Å². The molecule has 0 spiro atoms. The molecule has 1 aliphatic rings. The van der Waals surface area contributed by atoms with Gasteiger partial charge in [-0.2, -0.15) is 0 Å². The van der Waals surface area contributed by atoms with E-state index in [-0.39, 0.29) is 0 Å². The van der Waals surface area contributed by atoms with Crippen molar-refractivity contribution in [2.45, 2.75) is 52.0 Å². The summed E-state index contributed by atoms with van der Waals surface area (Å²) in [6.45, 7) is 7.11. The van der Waals surface area contributed by atoms with Gasteiger partial charge in [-0.3, -0.25) is 0 Å². The van der Waals surface area contributed by atoms with E-state index in [1.54, 1.807) is 0 Å². The summed E-state index contributed by atoms with van der Waals surface area (Å²) < 4.78 is 5.93. The second-order valence-corrected chi connectivity index (χ2v) is 6.08. The molecule has 2 rings (SSSR count). The van der Waals surface area contributed by atoms with Gasteiger partial charge in [-0.25, -0.2) is 0 Å². The summed E-state index contributed by atoms with van der Waals surface area (Å²) in [4.78, 5) is 0. The third-order valence-electron chi connectivity index (χ3n) is 4.26. The summed E-state index contributed by atoms with van der Waals surface area (Å²) >= 11 is 0. The molecule has 0 aliphatic heterocycles. The Morgan fingerprint density at radius 3 is 2.85 bits per heavy atom. The standard InChI is InChI=1S/C18H29NO/c1-3-11-19-18(17-9-4-6-15(2)13-17)14-20-12-10-16-7-5-8-16/h4,6,9,13,16,18-19H,3,5,7-8,10-12,14H2,1-2H3. The first-order valence-electron chi connectivity index (χ1n) is 8.17. The predicted molar refractivity (Wildman–Crippen MR) is 85.0 cm³/mol. The average Bonchev–Trinajstić information content (AvgIpc) is 2.40. The Bertz CT molecular complexity index is 387. The number of aryl methyl sites for hydroxylation is 1. The van der Waals surface area contributed by atoms with E-state index in [0.29, 0.717) is 6.04 Å². The van der Waals surface area contributed by atoms with Crippen molar-refractivity contribution >= 4 is 0 Å². The smallest absolute Gasteiger partial charge is 0.0661 e. The highest BCUT2D eigenvalue weighted by Gasteiger charge is 2.17. The van der Waals surface area contributed by atoms with Gasteiger partial charge in [0.25, 0.3) is 0 Å². The zero-order valence-electron chi connectivity index (χ0n) is 13.0. The van der Waals surface area contributed by atoms with Crippen LogP contribution < -0.4 is 5.32 Å². The number of ether oxygens (including phenoxy) is 1. The molecule has 0 bridgehead atoms. The van der Waals surface area contributed by atoms with Crippen molar-refractivity contribution < 1.29 is 4.74 Å². The van der Waals surface area contributed by atoms with Crippen molar-refractivity contribution in [3.63, 3.8) is 0 Å². The van der Waals surface area contributed by atoms with Crippen molar-refractivity contribution in [2.24, 2.45) is 5.92 Å². The van der Waals surface area contributed by atoms with Crippen LogP contribution in [0.3, 0.4) is 0 Å². The van der Waals surface area contributed by atoms with E-state index in [1.165, 1.54) is 36.8 Å². The van der Waals surface area contributed by atoms with Crippen LogP contribution in [0.5, 0.6) is 0 Å². The Balaban J connectivity index is 1.79. The number of nitrogens with one attached hydrogen (secondary N) is 1. The van der Waals surface area contributed by atoms with Gasteiger partial charge in [-0.1, -0.05) is 56.0 Å². The van der Waals surface area contributed by atoms with Crippen LogP contribution in [0.1, 0.15) is 56.2 Å². The molecule has 0 amide bonds. The van der Waals surface area contributed by atoms with Gasteiger partial charge in [0.2, 0.25) is 0 Å². The van der Waals surface area contributed by atoms with Crippen LogP contribution in [0, 0.1) is 12.8 Å². The highest BCUT2D eigenvalue weighted by molar-refractivity contribution is 5.25. The number of hydrogen-bond donors (Lipinski definition) is 1. The highest BCUT2D eigenvalue weighted by atomic mass is 16.5. The Morgan fingerprint density at radius 1 is 1.35 bits per heavy atom. The Kier molecular flexibility index (Phi) is 6.55. The summed E-state index contributed by atoms with van der Waals surface area (Å²) in [6.07, 6.45) is 6.66. The van der Waals surface area contributed by atoms with Gasteiger partial charge in [0, 0.05) is 6.61 Å². The molecule has 1 aromatic rings. The Morgan fingerprint density at radius 2 is 2.20 bits per heavy atom. The summed E-state index contributed by atoms with van der Waals surface area (Å²) in [5.74, 6) is 0.941. The van der Waals surface area contributed by atoms with E-state index < -0.39 is 0 Å². The summed E-state index contributed by atoms with van der Waals surface area (Å²) in [6, 6.07) is 9.09. The van der Waals surface area contributed by atoms with Crippen molar-refractivity contribution in [3.05, 3.63) is 35.4 Å². The maximum absolute atomic E-state index is 5.93. The fraction of sp³-hybridized carbons (Fsp3) is 0.667. The zero-order chi connectivity index (χ0) is 14.2. The van der Waals surface area contributed by atoms with Gasteiger partial charge in [0.05, 0.1) is 12.6 Å². The fourth-order valence-corrected chi connectivity index (χ4v) is 2.71. The first kappa shape index (κ1) is 15.5. The van der Waals surface area contributed by atoms with E-state index in [9.17, 15) is 0 Å². The number of hydrogen-bond acceptors (Lipinski definition) is 2. The molecule has 2 nitrogen and oxygen atoms in total. The van der Waals surface area contributed by atoms with Crippen LogP contribution in [-0.2, 0) is 4.74 Å². The van der Waals surface area contributed by atoms with E-state index in [4.69, 9.17) is 4.74 Å². The molecule has 0 radical (unpaired) electrons. The lowest BCUT2D eigenvalue weighted by atomic mass is 9.83. The topological polar surface area (TPSA) is 21.3 Å². The minimum atomic E-state index is 0.330. The Hall–Kier alpha value is -0.860. The molecule has 1 fully saturated rings. The monoisotopic (exact) mass is 275 g/mol.